The molecule has 156 valence electrons. The van der Waals surface area contributed by atoms with E-state index >= 15 is 0 Å². The molecule has 3 amide bonds. The average molecular weight is 449 g/mol. The van der Waals surface area contributed by atoms with Gasteiger partial charge in [-0.25, -0.2) is 0 Å². The first-order valence-corrected chi connectivity index (χ1v) is 9.84. The van der Waals surface area contributed by atoms with E-state index in [1.807, 2.05) is 26.0 Å². The summed E-state index contributed by atoms with van der Waals surface area (Å²) in [6.07, 6.45) is 0. The molecule has 2 aromatic carbocycles. The number of hydrogen-bond acceptors (Lipinski definition) is 5. The largest absolute Gasteiger partial charge is 0.454 e. The van der Waals surface area contributed by atoms with E-state index in [0.717, 1.165) is 10.5 Å². The standard InChI is InChI=1S/C21H18Cl2N2O5/c1-11(2)12-5-3-4-6-17(12)24-18(26)10-30-19(27)9-25-20(28)13-7-15(22)16(23)8-14(13)21(25)29/h3-8,11H,9-10H2,1-2H3,(H,24,26). The molecule has 0 aromatic heterocycles. The van der Waals surface area contributed by atoms with Crippen LogP contribution < -0.4 is 5.32 Å². The summed E-state index contributed by atoms with van der Waals surface area (Å²) in [6, 6.07) is 9.87. The first-order chi connectivity index (χ1) is 14.2. The highest BCUT2D eigenvalue weighted by Crippen LogP contribution is 2.31. The van der Waals surface area contributed by atoms with Crippen molar-refractivity contribution in [2.45, 2.75) is 19.8 Å². The topological polar surface area (TPSA) is 92.8 Å². The Balaban J connectivity index is 1.58. The molecule has 3 rings (SSSR count). The maximum atomic E-state index is 12.4. The number of rotatable bonds is 6. The van der Waals surface area contributed by atoms with Gasteiger partial charge in [0.25, 0.3) is 17.7 Å². The highest BCUT2D eigenvalue weighted by atomic mass is 35.5. The number of nitrogens with zero attached hydrogens (tertiary/aromatic N) is 1. The number of fused-ring (bicyclic) bond motifs is 1. The van der Waals surface area contributed by atoms with Crippen LogP contribution in [0.4, 0.5) is 5.69 Å². The number of anilines is 1. The van der Waals surface area contributed by atoms with E-state index in [1.165, 1.54) is 12.1 Å². The van der Waals surface area contributed by atoms with Gasteiger partial charge in [-0.3, -0.25) is 24.1 Å². The van der Waals surface area contributed by atoms with Crippen LogP contribution in [-0.4, -0.2) is 41.7 Å². The van der Waals surface area contributed by atoms with Crippen LogP contribution in [-0.2, 0) is 14.3 Å². The second kappa shape index (κ2) is 8.85. The molecule has 0 radical (unpaired) electrons. The fourth-order valence-electron chi connectivity index (χ4n) is 3.05. The maximum Gasteiger partial charge on any atom is 0.326 e. The number of hydrogen-bond donors (Lipinski definition) is 1. The van der Waals surface area contributed by atoms with Crippen molar-refractivity contribution in [3.05, 3.63) is 63.1 Å². The molecule has 0 fully saturated rings. The van der Waals surface area contributed by atoms with Crippen LogP contribution in [0, 0.1) is 0 Å². The lowest BCUT2D eigenvalue weighted by Gasteiger charge is -2.15. The third kappa shape index (κ3) is 4.47. The number of carbonyl (C=O) groups excluding carboxylic acids is 4. The van der Waals surface area contributed by atoms with Gasteiger partial charge in [-0.05, 0) is 29.7 Å². The molecule has 0 spiro atoms. The van der Waals surface area contributed by atoms with Crippen molar-refractivity contribution in [2.24, 2.45) is 0 Å². The van der Waals surface area contributed by atoms with Gasteiger partial charge in [-0.1, -0.05) is 55.2 Å². The quantitative estimate of drug-likeness (QED) is 0.534. The van der Waals surface area contributed by atoms with Crippen molar-refractivity contribution in [3.63, 3.8) is 0 Å². The molecule has 1 aliphatic rings. The van der Waals surface area contributed by atoms with Crippen LogP contribution in [0.5, 0.6) is 0 Å². The van der Waals surface area contributed by atoms with Crippen LogP contribution >= 0.6 is 23.2 Å². The predicted octanol–water partition coefficient (Wildman–Crippen LogP) is 3.89. The van der Waals surface area contributed by atoms with Crippen molar-refractivity contribution in [1.29, 1.82) is 0 Å². The second-order valence-corrected chi connectivity index (χ2v) is 7.77. The molecule has 0 atom stereocenters. The fraction of sp³-hybridized carbons (Fsp3) is 0.238. The van der Waals surface area contributed by atoms with E-state index in [9.17, 15) is 19.2 Å². The number of esters is 1. The number of imide groups is 1. The van der Waals surface area contributed by atoms with Crippen molar-refractivity contribution in [1.82, 2.24) is 4.90 Å². The van der Waals surface area contributed by atoms with Gasteiger partial charge < -0.3 is 10.1 Å². The van der Waals surface area contributed by atoms with Crippen molar-refractivity contribution >= 4 is 52.6 Å². The Morgan fingerprint density at radius 3 is 2.17 bits per heavy atom. The molecule has 9 heteroatoms. The lowest BCUT2D eigenvalue weighted by atomic mass is 10.0. The Labute approximate surface area is 182 Å². The molecule has 1 aliphatic heterocycles. The molecule has 0 saturated carbocycles. The number of para-hydroxylation sites is 1. The summed E-state index contributed by atoms with van der Waals surface area (Å²) in [4.78, 5) is 49.8. The summed E-state index contributed by atoms with van der Waals surface area (Å²) in [7, 11) is 0. The minimum atomic E-state index is -0.894. The highest BCUT2D eigenvalue weighted by Gasteiger charge is 2.37. The van der Waals surface area contributed by atoms with Gasteiger partial charge in [-0.2, -0.15) is 0 Å². The van der Waals surface area contributed by atoms with Gasteiger partial charge in [0.15, 0.2) is 6.61 Å². The maximum absolute atomic E-state index is 12.4. The van der Waals surface area contributed by atoms with Crippen LogP contribution in [0.15, 0.2) is 36.4 Å². The summed E-state index contributed by atoms with van der Waals surface area (Å²) in [5.74, 6) is -2.59. The Morgan fingerprint density at radius 1 is 1.03 bits per heavy atom. The monoisotopic (exact) mass is 448 g/mol. The highest BCUT2D eigenvalue weighted by molar-refractivity contribution is 6.43. The summed E-state index contributed by atoms with van der Waals surface area (Å²) >= 11 is 11.8. The number of ether oxygens (including phenoxy) is 1. The average Bonchev–Trinajstić information content (AvgIpc) is 2.91. The third-order valence-electron chi connectivity index (χ3n) is 4.52. The summed E-state index contributed by atoms with van der Waals surface area (Å²) < 4.78 is 4.93. The van der Waals surface area contributed by atoms with Crippen LogP contribution in [0.3, 0.4) is 0 Å². The lowest BCUT2D eigenvalue weighted by Crippen LogP contribution is -2.36. The van der Waals surface area contributed by atoms with E-state index in [-0.39, 0.29) is 27.1 Å². The molecular weight excluding hydrogens is 431 g/mol. The number of amides is 3. The van der Waals surface area contributed by atoms with Gasteiger partial charge in [0.2, 0.25) is 0 Å². The van der Waals surface area contributed by atoms with Crippen molar-refractivity contribution < 1.29 is 23.9 Å². The number of nitrogens with one attached hydrogen (secondary N) is 1. The molecule has 1 heterocycles. The zero-order valence-electron chi connectivity index (χ0n) is 16.2. The van der Waals surface area contributed by atoms with Gasteiger partial charge in [-0.15, -0.1) is 0 Å². The van der Waals surface area contributed by atoms with Crippen molar-refractivity contribution in [2.75, 3.05) is 18.5 Å². The Hall–Kier alpha value is -2.90. The first kappa shape index (κ1) is 21.8. The van der Waals surface area contributed by atoms with E-state index in [2.05, 4.69) is 5.32 Å². The van der Waals surface area contributed by atoms with Gasteiger partial charge in [0, 0.05) is 5.69 Å². The fourth-order valence-corrected chi connectivity index (χ4v) is 3.38. The molecule has 2 aromatic rings. The normalized spacial score (nSPS) is 12.9. The summed E-state index contributed by atoms with van der Waals surface area (Å²) in [6.45, 7) is 2.81. The second-order valence-electron chi connectivity index (χ2n) is 6.96. The van der Waals surface area contributed by atoms with E-state index < -0.39 is 36.8 Å². The van der Waals surface area contributed by atoms with Crippen molar-refractivity contribution in [3.8, 4) is 0 Å². The minimum absolute atomic E-state index is 0.0604. The van der Waals surface area contributed by atoms with Gasteiger partial charge in [0.1, 0.15) is 6.54 Å². The zero-order chi connectivity index (χ0) is 22.0. The van der Waals surface area contributed by atoms with Gasteiger partial charge in [0.05, 0.1) is 21.2 Å². The Kier molecular flexibility index (Phi) is 6.43. The predicted molar refractivity (Wildman–Crippen MR) is 112 cm³/mol. The molecule has 0 unspecified atom stereocenters. The number of carbonyl (C=O) groups is 4. The molecule has 1 N–H and O–H groups in total. The minimum Gasteiger partial charge on any atom is -0.454 e. The molecule has 30 heavy (non-hydrogen) atoms. The Bertz CT molecular complexity index is 1010. The number of halogens is 2. The summed E-state index contributed by atoms with van der Waals surface area (Å²) in [5, 5.41) is 2.94. The van der Waals surface area contributed by atoms with Crippen LogP contribution in [0.25, 0.3) is 0 Å². The Morgan fingerprint density at radius 2 is 1.60 bits per heavy atom. The van der Waals surface area contributed by atoms with Crippen LogP contribution in [0.2, 0.25) is 10.0 Å². The van der Waals surface area contributed by atoms with Crippen LogP contribution in [0.1, 0.15) is 46.0 Å². The SMILES string of the molecule is CC(C)c1ccccc1NC(=O)COC(=O)CN1C(=O)c2cc(Cl)c(Cl)cc2C1=O. The smallest absolute Gasteiger partial charge is 0.326 e. The third-order valence-corrected chi connectivity index (χ3v) is 5.24. The molecule has 0 bridgehead atoms. The number of benzene rings is 2. The summed E-state index contributed by atoms with van der Waals surface area (Å²) in [5.41, 5.74) is 1.69. The van der Waals surface area contributed by atoms with E-state index in [0.29, 0.717) is 5.69 Å². The molecule has 0 aliphatic carbocycles. The van der Waals surface area contributed by atoms with E-state index in [4.69, 9.17) is 27.9 Å². The molecular formula is C21H18Cl2N2O5. The zero-order valence-corrected chi connectivity index (χ0v) is 17.7. The molecule has 7 nitrogen and oxygen atoms in total. The van der Waals surface area contributed by atoms with Gasteiger partial charge >= 0.3 is 5.97 Å². The lowest BCUT2D eigenvalue weighted by molar-refractivity contribution is -0.147. The van der Waals surface area contributed by atoms with E-state index in [1.54, 1.807) is 12.1 Å². The first-order valence-electron chi connectivity index (χ1n) is 9.08. The molecule has 0 saturated heterocycles.